The SMILES string of the molecule is CC(N)Oc1cccc(Br)c1. The van der Waals surface area contributed by atoms with Gasteiger partial charge in [0.25, 0.3) is 0 Å². The summed E-state index contributed by atoms with van der Waals surface area (Å²) in [6, 6.07) is 7.59. The van der Waals surface area contributed by atoms with Crippen LogP contribution in [0.15, 0.2) is 28.7 Å². The Morgan fingerprint density at radius 1 is 1.55 bits per heavy atom. The number of benzene rings is 1. The summed E-state index contributed by atoms with van der Waals surface area (Å²) in [6.07, 6.45) is -0.260. The Labute approximate surface area is 74.5 Å². The van der Waals surface area contributed by atoms with E-state index >= 15 is 0 Å². The molecule has 0 saturated carbocycles. The second-order valence-corrected chi connectivity index (χ2v) is 3.20. The van der Waals surface area contributed by atoms with E-state index in [2.05, 4.69) is 15.9 Å². The molecule has 0 spiro atoms. The minimum absolute atomic E-state index is 0.260. The van der Waals surface area contributed by atoms with Gasteiger partial charge in [0.15, 0.2) is 0 Å². The molecule has 1 aromatic carbocycles. The van der Waals surface area contributed by atoms with Crippen LogP contribution in [0.25, 0.3) is 0 Å². The molecule has 3 heteroatoms. The summed E-state index contributed by atoms with van der Waals surface area (Å²) in [5.41, 5.74) is 5.44. The summed E-state index contributed by atoms with van der Waals surface area (Å²) in [7, 11) is 0. The first-order valence-electron chi connectivity index (χ1n) is 3.36. The van der Waals surface area contributed by atoms with Crippen molar-refractivity contribution in [1.29, 1.82) is 0 Å². The maximum atomic E-state index is 5.44. The van der Waals surface area contributed by atoms with Gasteiger partial charge in [-0.15, -0.1) is 0 Å². The van der Waals surface area contributed by atoms with Crippen molar-refractivity contribution in [2.45, 2.75) is 13.2 Å². The lowest BCUT2D eigenvalue weighted by molar-refractivity contribution is 0.230. The smallest absolute Gasteiger partial charge is 0.144 e. The van der Waals surface area contributed by atoms with Crippen LogP contribution in [-0.2, 0) is 0 Å². The van der Waals surface area contributed by atoms with E-state index < -0.39 is 0 Å². The summed E-state index contributed by atoms with van der Waals surface area (Å²) in [5.74, 6) is 0.786. The molecule has 2 N–H and O–H groups in total. The number of halogens is 1. The van der Waals surface area contributed by atoms with Crippen LogP contribution in [0, 0.1) is 0 Å². The summed E-state index contributed by atoms with van der Waals surface area (Å²) in [5, 5.41) is 0. The lowest BCUT2D eigenvalue weighted by Crippen LogP contribution is -2.22. The van der Waals surface area contributed by atoms with Gasteiger partial charge in [-0.25, -0.2) is 0 Å². The van der Waals surface area contributed by atoms with Crippen molar-refractivity contribution in [2.24, 2.45) is 5.73 Å². The molecular formula is C8H10BrNO. The van der Waals surface area contributed by atoms with Crippen molar-refractivity contribution < 1.29 is 4.74 Å². The third-order valence-electron chi connectivity index (χ3n) is 1.12. The molecule has 0 aliphatic heterocycles. The zero-order valence-electron chi connectivity index (χ0n) is 6.25. The van der Waals surface area contributed by atoms with Crippen molar-refractivity contribution in [3.05, 3.63) is 28.7 Å². The molecule has 0 saturated heterocycles. The number of ether oxygens (including phenoxy) is 1. The normalized spacial score (nSPS) is 12.6. The van der Waals surface area contributed by atoms with E-state index in [-0.39, 0.29) is 6.23 Å². The maximum absolute atomic E-state index is 5.44. The molecule has 0 bridgehead atoms. The molecule has 1 aromatic rings. The molecule has 1 atom stereocenters. The Hall–Kier alpha value is -0.540. The highest BCUT2D eigenvalue weighted by Crippen LogP contribution is 2.17. The molecule has 60 valence electrons. The molecule has 11 heavy (non-hydrogen) atoms. The van der Waals surface area contributed by atoms with E-state index in [9.17, 15) is 0 Å². The van der Waals surface area contributed by atoms with E-state index in [1.807, 2.05) is 24.3 Å². The van der Waals surface area contributed by atoms with E-state index in [1.165, 1.54) is 0 Å². The van der Waals surface area contributed by atoms with Crippen LogP contribution in [0.1, 0.15) is 6.92 Å². The highest BCUT2D eigenvalue weighted by molar-refractivity contribution is 9.10. The second kappa shape index (κ2) is 3.74. The predicted molar refractivity (Wildman–Crippen MR) is 48.4 cm³/mol. The van der Waals surface area contributed by atoms with Gasteiger partial charge in [-0.05, 0) is 25.1 Å². The molecular weight excluding hydrogens is 206 g/mol. The standard InChI is InChI=1S/C8H10BrNO/c1-6(10)11-8-4-2-3-7(9)5-8/h2-6H,10H2,1H3. The quantitative estimate of drug-likeness (QED) is 0.768. The summed E-state index contributed by atoms with van der Waals surface area (Å²) < 4.78 is 6.24. The first kappa shape index (κ1) is 8.56. The first-order chi connectivity index (χ1) is 5.18. The number of nitrogens with two attached hydrogens (primary N) is 1. The van der Waals surface area contributed by atoms with Crippen LogP contribution < -0.4 is 10.5 Å². The van der Waals surface area contributed by atoms with Gasteiger partial charge in [-0.1, -0.05) is 22.0 Å². The fraction of sp³-hybridized carbons (Fsp3) is 0.250. The van der Waals surface area contributed by atoms with E-state index in [1.54, 1.807) is 6.92 Å². The third kappa shape index (κ3) is 2.91. The highest BCUT2D eigenvalue weighted by atomic mass is 79.9. The second-order valence-electron chi connectivity index (χ2n) is 2.28. The highest BCUT2D eigenvalue weighted by Gasteiger charge is 1.96. The Bertz CT molecular complexity index is 237. The van der Waals surface area contributed by atoms with Crippen LogP contribution in [-0.4, -0.2) is 6.23 Å². The monoisotopic (exact) mass is 215 g/mol. The van der Waals surface area contributed by atoms with Gasteiger partial charge in [-0.2, -0.15) is 0 Å². The third-order valence-corrected chi connectivity index (χ3v) is 1.61. The predicted octanol–water partition coefficient (Wildman–Crippen LogP) is 2.13. The molecule has 0 aliphatic carbocycles. The average Bonchev–Trinajstić information content (AvgIpc) is 1.85. The van der Waals surface area contributed by atoms with Gasteiger partial charge in [-0.3, -0.25) is 5.73 Å². The topological polar surface area (TPSA) is 35.2 Å². The molecule has 0 aliphatic rings. The Morgan fingerprint density at radius 3 is 2.82 bits per heavy atom. The fourth-order valence-electron chi connectivity index (χ4n) is 0.755. The molecule has 1 rings (SSSR count). The summed E-state index contributed by atoms with van der Waals surface area (Å²) in [4.78, 5) is 0. The first-order valence-corrected chi connectivity index (χ1v) is 4.15. The van der Waals surface area contributed by atoms with Crippen LogP contribution in [0.3, 0.4) is 0 Å². The van der Waals surface area contributed by atoms with Crippen LogP contribution in [0.4, 0.5) is 0 Å². The number of hydrogen-bond acceptors (Lipinski definition) is 2. The molecule has 0 fully saturated rings. The minimum atomic E-state index is -0.260. The molecule has 1 unspecified atom stereocenters. The van der Waals surface area contributed by atoms with Gasteiger partial charge in [0.1, 0.15) is 12.0 Å². The van der Waals surface area contributed by atoms with Crippen molar-refractivity contribution in [1.82, 2.24) is 0 Å². The zero-order chi connectivity index (χ0) is 8.27. The van der Waals surface area contributed by atoms with Crippen molar-refractivity contribution in [2.75, 3.05) is 0 Å². The van der Waals surface area contributed by atoms with Crippen LogP contribution >= 0.6 is 15.9 Å². The molecule has 0 amide bonds. The largest absolute Gasteiger partial charge is 0.476 e. The van der Waals surface area contributed by atoms with Gasteiger partial charge in [0, 0.05) is 4.47 Å². The minimum Gasteiger partial charge on any atom is -0.476 e. The van der Waals surface area contributed by atoms with Gasteiger partial charge < -0.3 is 4.74 Å². The van der Waals surface area contributed by atoms with Crippen molar-refractivity contribution >= 4 is 15.9 Å². The number of rotatable bonds is 2. The Kier molecular flexibility index (Phi) is 2.91. The summed E-state index contributed by atoms with van der Waals surface area (Å²) >= 11 is 3.33. The Balaban J connectivity index is 2.71. The summed E-state index contributed by atoms with van der Waals surface area (Å²) in [6.45, 7) is 1.79. The lowest BCUT2D eigenvalue weighted by Gasteiger charge is -2.08. The van der Waals surface area contributed by atoms with E-state index in [0.29, 0.717) is 0 Å². The molecule has 0 heterocycles. The lowest BCUT2D eigenvalue weighted by atomic mass is 10.3. The molecule has 0 aromatic heterocycles. The van der Waals surface area contributed by atoms with Crippen LogP contribution in [0.5, 0.6) is 5.75 Å². The fourth-order valence-corrected chi connectivity index (χ4v) is 1.13. The average molecular weight is 216 g/mol. The van der Waals surface area contributed by atoms with E-state index in [4.69, 9.17) is 10.5 Å². The maximum Gasteiger partial charge on any atom is 0.144 e. The van der Waals surface area contributed by atoms with Crippen LogP contribution in [0.2, 0.25) is 0 Å². The van der Waals surface area contributed by atoms with Gasteiger partial charge >= 0.3 is 0 Å². The van der Waals surface area contributed by atoms with Crippen molar-refractivity contribution in [3.8, 4) is 5.75 Å². The molecule has 2 nitrogen and oxygen atoms in total. The van der Waals surface area contributed by atoms with Gasteiger partial charge in [0.2, 0.25) is 0 Å². The van der Waals surface area contributed by atoms with E-state index in [0.717, 1.165) is 10.2 Å². The van der Waals surface area contributed by atoms with Crippen molar-refractivity contribution in [3.63, 3.8) is 0 Å². The number of hydrogen-bond donors (Lipinski definition) is 1. The Morgan fingerprint density at radius 2 is 2.27 bits per heavy atom. The zero-order valence-corrected chi connectivity index (χ0v) is 7.84. The van der Waals surface area contributed by atoms with Gasteiger partial charge in [0.05, 0.1) is 0 Å². The molecule has 0 radical (unpaired) electrons.